The molecule has 41 heavy (non-hydrogen) atoms. The second-order valence-electron chi connectivity index (χ2n) is 11.3. The van der Waals surface area contributed by atoms with Gasteiger partial charge in [-0.1, -0.05) is 6.92 Å². The van der Waals surface area contributed by atoms with E-state index in [-0.39, 0.29) is 60.6 Å². The summed E-state index contributed by atoms with van der Waals surface area (Å²) in [7, 11) is 3.75. The standard InChI is InChI=1S/C30H34FN5O5/c1-5-30(40)19-10-23-27-17(12-36(23)28(38)18(19)14-41-29(30)39)26-21(33-24(37)13-35(4)9-8-32-3)7-6-16-15(2)20(31)11-22(34-27)25(16)26/h10-11,21,32,40H,5-9,12-14H2,1-4H3,(H,33,37)/t21-,30-/m0/s1. The fraction of sp³-hybridized carbons (Fsp3) is 0.467. The molecule has 0 fully saturated rings. The number of ether oxygens (including phenoxy) is 1. The Labute approximate surface area is 236 Å². The van der Waals surface area contributed by atoms with Gasteiger partial charge in [0.1, 0.15) is 12.4 Å². The Hall–Kier alpha value is -3.67. The lowest BCUT2D eigenvalue weighted by molar-refractivity contribution is -0.172. The summed E-state index contributed by atoms with van der Waals surface area (Å²) in [4.78, 5) is 46.2. The quantitative estimate of drug-likeness (QED) is 0.291. The molecule has 1 aliphatic carbocycles. The monoisotopic (exact) mass is 563 g/mol. The maximum atomic E-state index is 15.1. The second kappa shape index (κ2) is 10.0. The number of likely N-dealkylation sites (N-methyl/N-ethyl adjacent to an activating group) is 2. The first-order valence-corrected chi connectivity index (χ1v) is 14.0. The number of rotatable bonds is 7. The number of nitrogens with zero attached hydrogens (tertiary/aromatic N) is 3. The SMILES string of the molecule is CC[C@@]1(O)C(=O)OCc2c1cc1n(c2=O)Cc2c-1nc1cc(F)c(C)c3c1c2[C@@H](NC(=O)CN(C)CCNC)CC3. The van der Waals surface area contributed by atoms with Crippen LogP contribution in [0.15, 0.2) is 16.9 Å². The first-order valence-electron chi connectivity index (χ1n) is 14.0. The second-order valence-corrected chi connectivity index (χ2v) is 11.3. The van der Waals surface area contributed by atoms with Crippen LogP contribution in [0, 0.1) is 12.7 Å². The van der Waals surface area contributed by atoms with Gasteiger partial charge in [0, 0.05) is 35.7 Å². The van der Waals surface area contributed by atoms with Crippen molar-refractivity contribution >= 4 is 22.8 Å². The summed E-state index contributed by atoms with van der Waals surface area (Å²) in [6, 6.07) is 2.71. The fourth-order valence-corrected chi connectivity index (χ4v) is 6.57. The Morgan fingerprint density at radius 2 is 2.07 bits per heavy atom. The van der Waals surface area contributed by atoms with Gasteiger partial charge in [-0.25, -0.2) is 14.2 Å². The third-order valence-corrected chi connectivity index (χ3v) is 8.87. The average Bonchev–Trinajstić information content (AvgIpc) is 3.32. The van der Waals surface area contributed by atoms with E-state index in [4.69, 9.17) is 9.72 Å². The Morgan fingerprint density at radius 3 is 2.80 bits per heavy atom. The number of aryl methyl sites for hydroxylation is 1. The first-order chi connectivity index (χ1) is 19.6. The molecule has 2 atom stereocenters. The zero-order valence-corrected chi connectivity index (χ0v) is 23.7. The van der Waals surface area contributed by atoms with E-state index in [0.717, 1.165) is 28.6 Å². The van der Waals surface area contributed by atoms with Crippen molar-refractivity contribution in [2.24, 2.45) is 0 Å². The first kappa shape index (κ1) is 27.5. The summed E-state index contributed by atoms with van der Waals surface area (Å²) in [5.74, 6) is -1.27. The van der Waals surface area contributed by atoms with Gasteiger partial charge in [0.05, 0.1) is 41.6 Å². The molecular weight excluding hydrogens is 529 g/mol. The number of nitrogens with one attached hydrogen (secondary N) is 2. The zero-order chi connectivity index (χ0) is 29.2. The largest absolute Gasteiger partial charge is 0.458 e. The van der Waals surface area contributed by atoms with E-state index in [1.165, 1.54) is 6.07 Å². The van der Waals surface area contributed by atoms with Crippen molar-refractivity contribution in [3.8, 4) is 11.4 Å². The lowest BCUT2D eigenvalue weighted by atomic mass is 9.81. The summed E-state index contributed by atoms with van der Waals surface area (Å²) < 4.78 is 21.8. The minimum Gasteiger partial charge on any atom is -0.458 e. The molecule has 3 aromatic rings. The van der Waals surface area contributed by atoms with Crippen molar-refractivity contribution in [3.63, 3.8) is 0 Å². The number of amides is 1. The number of hydrogen-bond donors (Lipinski definition) is 3. The molecule has 0 bridgehead atoms. The number of esters is 1. The number of fused-ring (bicyclic) bond motifs is 5. The number of halogens is 1. The maximum Gasteiger partial charge on any atom is 0.343 e. The summed E-state index contributed by atoms with van der Waals surface area (Å²) in [6.45, 7) is 5.09. The third kappa shape index (κ3) is 4.17. The van der Waals surface area contributed by atoms with Crippen LogP contribution in [-0.4, -0.2) is 65.2 Å². The normalized spacial score (nSPS) is 20.6. The molecule has 2 aliphatic heterocycles. The number of pyridine rings is 2. The Bertz CT molecular complexity index is 1680. The van der Waals surface area contributed by atoms with Crippen LogP contribution < -0.4 is 16.2 Å². The highest BCUT2D eigenvalue weighted by atomic mass is 19.1. The van der Waals surface area contributed by atoms with Crippen molar-refractivity contribution in [1.29, 1.82) is 0 Å². The van der Waals surface area contributed by atoms with Gasteiger partial charge in [-0.2, -0.15) is 0 Å². The van der Waals surface area contributed by atoms with E-state index in [1.807, 2.05) is 19.0 Å². The molecule has 216 valence electrons. The van der Waals surface area contributed by atoms with Gasteiger partial charge in [0.15, 0.2) is 5.60 Å². The molecule has 10 nitrogen and oxygen atoms in total. The molecule has 0 saturated heterocycles. The van der Waals surface area contributed by atoms with Crippen LogP contribution in [0.4, 0.5) is 4.39 Å². The smallest absolute Gasteiger partial charge is 0.343 e. The summed E-state index contributed by atoms with van der Waals surface area (Å²) in [5.41, 5.74) is 2.60. The zero-order valence-electron chi connectivity index (χ0n) is 23.7. The minimum atomic E-state index is -1.94. The van der Waals surface area contributed by atoms with Crippen molar-refractivity contribution in [1.82, 2.24) is 25.1 Å². The number of cyclic esters (lactones) is 1. The third-order valence-electron chi connectivity index (χ3n) is 8.87. The van der Waals surface area contributed by atoms with Gasteiger partial charge in [0.2, 0.25) is 5.91 Å². The predicted molar refractivity (Wildman–Crippen MR) is 150 cm³/mol. The topological polar surface area (TPSA) is 126 Å². The maximum absolute atomic E-state index is 15.1. The summed E-state index contributed by atoms with van der Waals surface area (Å²) in [6.07, 6.45) is 1.20. The van der Waals surface area contributed by atoms with Crippen molar-refractivity contribution in [2.45, 2.75) is 57.9 Å². The Balaban J connectivity index is 1.51. The summed E-state index contributed by atoms with van der Waals surface area (Å²) >= 11 is 0. The van der Waals surface area contributed by atoms with Crippen LogP contribution >= 0.6 is 0 Å². The molecule has 0 spiro atoms. The molecule has 3 aliphatic rings. The highest BCUT2D eigenvalue weighted by Gasteiger charge is 2.46. The van der Waals surface area contributed by atoms with Crippen LogP contribution in [-0.2, 0) is 39.5 Å². The Morgan fingerprint density at radius 1 is 1.29 bits per heavy atom. The van der Waals surface area contributed by atoms with E-state index in [9.17, 15) is 19.5 Å². The molecule has 4 heterocycles. The van der Waals surface area contributed by atoms with Crippen LogP contribution in [0.3, 0.4) is 0 Å². The molecule has 0 unspecified atom stereocenters. The van der Waals surface area contributed by atoms with Gasteiger partial charge >= 0.3 is 5.97 Å². The minimum absolute atomic E-state index is 0.0374. The molecule has 0 radical (unpaired) electrons. The molecule has 11 heteroatoms. The van der Waals surface area contributed by atoms with Gasteiger partial charge < -0.3 is 25.0 Å². The van der Waals surface area contributed by atoms with Gasteiger partial charge in [-0.05, 0) is 63.0 Å². The average molecular weight is 564 g/mol. The number of carbonyl (C=O) groups excluding carboxylic acids is 2. The van der Waals surface area contributed by atoms with Crippen molar-refractivity contribution in [3.05, 3.63) is 61.7 Å². The van der Waals surface area contributed by atoms with Crippen molar-refractivity contribution in [2.75, 3.05) is 33.7 Å². The molecule has 2 aromatic heterocycles. The van der Waals surface area contributed by atoms with Gasteiger partial charge in [0.25, 0.3) is 5.56 Å². The van der Waals surface area contributed by atoms with Crippen LogP contribution in [0.1, 0.15) is 59.2 Å². The van der Waals surface area contributed by atoms with Crippen LogP contribution in [0.5, 0.6) is 0 Å². The Kier molecular flexibility index (Phi) is 6.71. The molecule has 3 N–H and O–H groups in total. The number of aromatic nitrogens is 2. The lowest BCUT2D eigenvalue weighted by Gasteiger charge is -2.31. The lowest BCUT2D eigenvalue weighted by Crippen LogP contribution is -2.44. The number of aliphatic hydroxyl groups is 1. The van der Waals surface area contributed by atoms with E-state index in [2.05, 4.69) is 10.6 Å². The molecule has 0 saturated carbocycles. The summed E-state index contributed by atoms with van der Waals surface area (Å²) in [5, 5.41) is 18.3. The fourth-order valence-electron chi connectivity index (χ4n) is 6.57. The molecule has 6 rings (SSSR count). The van der Waals surface area contributed by atoms with E-state index >= 15 is 4.39 Å². The highest BCUT2D eigenvalue weighted by molar-refractivity contribution is 5.94. The number of hydrogen-bond acceptors (Lipinski definition) is 8. The molecule has 1 amide bonds. The van der Waals surface area contributed by atoms with Gasteiger partial charge in [-0.3, -0.25) is 14.5 Å². The van der Waals surface area contributed by atoms with E-state index in [0.29, 0.717) is 41.9 Å². The number of benzene rings is 1. The molecular formula is C30H34FN5O5. The predicted octanol–water partition coefficient (Wildman–Crippen LogP) is 1.78. The van der Waals surface area contributed by atoms with E-state index in [1.54, 1.807) is 24.5 Å². The van der Waals surface area contributed by atoms with Crippen molar-refractivity contribution < 1.29 is 23.8 Å². The highest BCUT2D eigenvalue weighted by Crippen LogP contribution is 2.45. The number of carbonyl (C=O) groups is 2. The van der Waals surface area contributed by atoms with Gasteiger partial charge in [-0.15, -0.1) is 0 Å². The van der Waals surface area contributed by atoms with Crippen LogP contribution in [0.2, 0.25) is 0 Å². The van der Waals surface area contributed by atoms with E-state index < -0.39 is 11.6 Å². The molecule has 1 aromatic carbocycles. The van der Waals surface area contributed by atoms with Crippen LogP contribution in [0.25, 0.3) is 22.3 Å².